The average molecular weight is 242 g/mol. The predicted molar refractivity (Wildman–Crippen MR) is 64.9 cm³/mol. The molecule has 0 aromatic rings. The zero-order valence-corrected chi connectivity index (χ0v) is 10.5. The molecule has 5 heteroatoms. The Kier molecular flexibility index (Phi) is 5.80. The van der Waals surface area contributed by atoms with E-state index in [1.807, 2.05) is 6.92 Å². The second-order valence-electron chi connectivity index (χ2n) is 4.50. The minimum atomic E-state index is -0.943. The van der Waals surface area contributed by atoms with Gasteiger partial charge in [0.05, 0.1) is 0 Å². The van der Waals surface area contributed by atoms with Gasteiger partial charge in [0.1, 0.15) is 6.54 Å². The van der Waals surface area contributed by atoms with E-state index in [1.54, 1.807) is 4.90 Å². The minimum Gasteiger partial charge on any atom is -0.480 e. The molecule has 1 aliphatic rings. The molecule has 98 valence electrons. The van der Waals surface area contributed by atoms with E-state index in [4.69, 9.17) is 5.11 Å². The number of hydrogen-bond acceptors (Lipinski definition) is 2. The van der Waals surface area contributed by atoms with E-state index in [1.165, 1.54) is 4.90 Å². The van der Waals surface area contributed by atoms with Crippen molar-refractivity contribution in [2.24, 2.45) is 0 Å². The van der Waals surface area contributed by atoms with Crippen LogP contribution in [0, 0.1) is 0 Å². The van der Waals surface area contributed by atoms with E-state index in [2.05, 4.69) is 0 Å². The summed E-state index contributed by atoms with van der Waals surface area (Å²) in [6.45, 7) is 3.80. The number of carbonyl (C=O) groups is 2. The number of amides is 2. The van der Waals surface area contributed by atoms with Crippen molar-refractivity contribution in [3.05, 3.63) is 0 Å². The Hall–Kier alpha value is -1.26. The van der Waals surface area contributed by atoms with Gasteiger partial charge in [-0.2, -0.15) is 0 Å². The van der Waals surface area contributed by atoms with Crippen molar-refractivity contribution in [2.75, 3.05) is 26.2 Å². The van der Waals surface area contributed by atoms with Crippen molar-refractivity contribution in [3.8, 4) is 0 Å². The molecule has 0 saturated carbocycles. The Morgan fingerprint density at radius 3 is 2.24 bits per heavy atom. The summed E-state index contributed by atoms with van der Waals surface area (Å²) >= 11 is 0. The largest absolute Gasteiger partial charge is 0.480 e. The highest BCUT2D eigenvalue weighted by Gasteiger charge is 2.22. The molecular formula is C12H22N2O3. The highest BCUT2D eigenvalue weighted by atomic mass is 16.4. The molecular weight excluding hydrogens is 220 g/mol. The van der Waals surface area contributed by atoms with Crippen LogP contribution < -0.4 is 0 Å². The Bertz CT molecular complexity index is 260. The first-order valence-electron chi connectivity index (χ1n) is 6.40. The fourth-order valence-corrected chi connectivity index (χ4v) is 2.14. The zero-order valence-electron chi connectivity index (χ0n) is 10.5. The molecule has 5 nitrogen and oxygen atoms in total. The number of likely N-dealkylation sites (tertiary alicyclic amines) is 1. The van der Waals surface area contributed by atoms with E-state index in [0.29, 0.717) is 6.54 Å². The molecule has 0 bridgehead atoms. The molecule has 0 aromatic carbocycles. The van der Waals surface area contributed by atoms with Crippen LogP contribution in [0.3, 0.4) is 0 Å². The molecule has 0 atom stereocenters. The smallest absolute Gasteiger partial charge is 0.323 e. The second kappa shape index (κ2) is 7.14. The number of hydrogen-bond donors (Lipinski definition) is 1. The van der Waals surface area contributed by atoms with Gasteiger partial charge in [-0.05, 0) is 19.3 Å². The molecule has 1 rings (SSSR count). The van der Waals surface area contributed by atoms with Crippen LogP contribution in [-0.4, -0.2) is 53.1 Å². The summed E-state index contributed by atoms with van der Waals surface area (Å²) in [4.78, 5) is 26.1. The molecule has 1 N–H and O–H groups in total. The number of carboxylic acid groups (broad SMARTS) is 1. The molecule has 0 spiro atoms. The van der Waals surface area contributed by atoms with Gasteiger partial charge in [0, 0.05) is 19.6 Å². The van der Waals surface area contributed by atoms with Gasteiger partial charge in [0.15, 0.2) is 0 Å². The molecule has 0 aromatic heterocycles. The molecule has 0 unspecified atom stereocenters. The summed E-state index contributed by atoms with van der Waals surface area (Å²) in [5.74, 6) is -0.943. The zero-order chi connectivity index (χ0) is 12.7. The van der Waals surface area contributed by atoms with Crippen LogP contribution in [0.2, 0.25) is 0 Å². The van der Waals surface area contributed by atoms with Crippen molar-refractivity contribution >= 4 is 12.0 Å². The van der Waals surface area contributed by atoms with Crippen molar-refractivity contribution < 1.29 is 14.7 Å². The lowest BCUT2D eigenvalue weighted by molar-refractivity contribution is -0.137. The van der Waals surface area contributed by atoms with Crippen molar-refractivity contribution in [3.63, 3.8) is 0 Å². The highest BCUT2D eigenvalue weighted by molar-refractivity contribution is 5.80. The van der Waals surface area contributed by atoms with E-state index >= 15 is 0 Å². The topological polar surface area (TPSA) is 60.9 Å². The van der Waals surface area contributed by atoms with E-state index < -0.39 is 5.97 Å². The van der Waals surface area contributed by atoms with Crippen LogP contribution in [0.5, 0.6) is 0 Å². The molecule has 17 heavy (non-hydrogen) atoms. The number of nitrogens with zero attached hydrogens (tertiary/aromatic N) is 2. The molecule has 1 fully saturated rings. The SMILES string of the molecule is CCCN(CC(=O)O)C(=O)N1CCCCCC1. The lowest BCUT2D eigenvalue weighted by atomic mass is 10.2. The minimum absolute atomic E-state index is 0.115. The van der Waals surface area contributed by atoms with Crippen molar-refractivity contribution in [1.29, 1.82) is 0 Å². The Balaban J connectivity index is 2.57. The van der Waals surface area contributed by atoms with E-state index in [9.17, 15) is 9.59 Å². The summed E-state index contributed by atoms with van der Waals surface area (Å²) < 4.78 is 0. The number of urea groups is 1. The molecule has 1 heterocycles. The number of carbonyl (C=O) groups excluding carboxylic acids is 1. The first-order valence-corrected chi connectivity index (χ1v) is 6.40. The molecule has 2 amide bonds. The van der Waals surface area contributed by atoms with Crippen LogP contribution >= 0.6 is 0 Å². The van der Waals surface area contributed by atoms with Gasteiger partial charge in [0.2, 0.25) is 0 Å². The quantitative estimate of drug-likeness (QED) is 0.817. The maximum Gasteiger partial charge on any atom is 0.323 e. The monoisotopic (exact) mass is 242 g/mol. The standard InChI is InChI=1S/C12H22N2O3/c1-2-7-14(10-11(15)16)12(17)13-8-5-3-4-6-9-13/h2-10H2,1H3,(H,15,16). The van der Waals surface area contributed by atoms with Gasteiger partial charge in [-0.1, -0.05) is 19.8 Å². The molecule has 0 radical (unpaired) electrons. The third-order valence-electron chi connectivity index (χ3n) is 2.97. The summed E-state index contributed by atoms with van der Waals surface area (Å²) in [6, 6.07) is -0.115. The Morgan fingerprint density at radius 1 is 1.18 bits per heavy atom. The first-order chi connectivity index (χ1) is 8.15. The normalized spacial score (nSPS) is 16.4. The summed E-state index contributed by atoms with van der Waals surface area (Å²) in [5, 5.41) is 8.80. The van der Waals surface area contributed by atoms with E-state index in [-0.39, 0.29) is 12.6 Å². The van der Waals surface area contributed by atoms with Gasteiger partial charge in [-0.25, -0.2) is 4.79 Å². The van der Waals surface area contributed by atoms with Gasteiger partial charge >= 0.3 is 12.0 Å². The number of aliphatic carboxylic acids is 1. The van der Waals surface area contributed by atoms with Gasteiger partial charge < -0.3 is 14.9 Å². The van der Waals surface area contributed by atoms with Gasteiger partial charge in [-0.15, -0.1) is 0 Å². The fourth-order valence-electron chi connectivity index (χ4n) is 2.14. The average Bonchev–Trinajstić information content (AvgIpc) is 2.55. The van der Waals surface area contributed by atoms with E-state index in [0.717, 1.165) is 45.2 Å². The molecule has 0 aliphatic carbocycles. The first kappa shape index (κ1) is 13.8. The maximum atomic E-state index is 12.2. The van der Waals surface area contributed by atoms with Crippen molar-refractivity contribution in [2.45, 2.75) is 39.0 Å². The highest BCUT2D eigenvalue weighted by Crippen LogP contribution is 2.12. The maximum absolute atomic E-state index is 12.2. The third-order valence-corrected chi connectivity index (χ3v) is 2.97. The fraction of sp³-hybridized carbons (Fsp3) is 0.833. The Labute approximate surface area is 102 Å². The van der Waals surface area contributed by atoms with Crippen LogP contribution in [0.4, 0.5) is 4.79 Å². The van der Waals surface area contributed by atoms with Crippen LogP contribution in [0.15, 0.2) is 0 Å². The predicted octanol–water partition coefficient (Wildman–Crippen LogP) is 1.78. The number of rotatable bonds is 4. The summed E-state index contributed by atoms with van der Waals surface area (Å²) in [6.07, 6.45) is 5.16. The lowest BCUT2D eigenvalue weighted by Gasteiger charge is -2.28. The second-order valence-corrected chi connectivity index (χ2v) is 4.50. The number of carboxylic acids is 1. The summed E-state index contributed by atoms with van der Waals surface area (Å²) in [5.41, 5.74) is 0. The van der Waals surface area contributed by atoms with Gasteiger partial charge in [0.25, 0.3) is 0 Å². The third kappa shape index (κ3) is 4.63. The summed E-state index contributed by atoms with van der Waals surface area (Å²) in [7, 11) is 0. The van der Waals surface area contributed by atoms with Crippen LogP contribution in [0.25, 0.3) is 0 Å². The Morgan fingerprint density at radius 2 is 1.76 bits per heavy atom. The van der Waals surface area contributed by atoms with Gasteiger partial charge in [-0.3, -0.25) is 4.79 Å². The molecule has 1 aliphatic heterocycles. The van der Waals surface area contributed by atoms with Crippen LogP contribution in [-0.2, 0) is 4.79 Å². The van der Waals surface area contributed by atoms with Crippen LogP contribution in [0.1, 0.15) is 39.0 Å². The molecule has 1 saturated heterocycles. The van der Waals surface area contributed by atoms with Crippen molar-refractivity contribution in [1.82, 2.24) is 9.80 Å². The lowest BCUT2D eigenvalue weighted by Crippen LogP contribution is -2.46.